The Labute approximate surface area is 278 Å². The highest BCUT2D eigenvalue weighted by molar-refractivity contribution is 9.09. The Kier molecular flexibility index (Phi) is 7.44. The second-order valence-electron chi connectivity index (χ2n) is 11.8. The lowest BCUT2D eigenvalue weighted by Crippen LogP contribution is -2.60. The van der Waals surface area contributed by atoms with Crippen LogP contribution in [0.2, 0.25) is 0 Å². The molecule has 6 atom stereocenters. The minimum Gasteiger partial charge on any atom is -0.508 e. The first kappa shape index (κ1) is 31.9. The summed E-state index contributed by atoms with van der Waals surface area (Å²) in [7, 11) is 2.77. The summed E-state index contributed by atoms with van der Waals surface area (Å²) in [6.07, 6.45) is 1.32. The van der Waals surface area contributed by atoms with E-state index in [1.165, 1.54) is 31.1 Å². The molecule has 17 heteroatoms. The number of fused-ring (bicyclic) bond motifs is 4. The van der Waals surface area contributed by atoms with Gasteiger partial charge in [-0.25, -0.2) is 4.90 Å². The number of phenols is 1. The Morgan fingerprint density at radius 1 is 1.00 bits per heavy atom. The zero-order valence-corrected chi connectivity index (χ0v) is 27.2. The molecule has 3 fully saturated rings. The lowest BCUT2D eigenvalue weighted by atomic mass is 9.56. The number of carbonyl (C=O) groups excluding carboxylic acids is 4. The number of imide groups is 2. The van der Waals surface area contributed by atoms with Crippen LogP contribution in [0.1, 0.15) is 24.3 Å². The zero-order chi connectivity index (χ0) is 33.6. The van der Waals surface area contributed by atoms with E-state index in [0.717, 1.165) is 17.0 Å². The summed E-state index contributed by atoms with van der Waals surface area (Å²) in [5.41, 5.74) is -1.64. The summed E-state index contributed by atoms with van der Waals surface area (Å²) in [5, 5.41) is 34.9. The van der Waals surface area contributed by atoms with E-state index in [9.17, 15) is 44.5 Å². The number of halogens is 3. The van der Waals surface area contributed by atoms with Crippen molar-refractivity contribution in [2.75, 3.05) is 29.3 Å². The van der Waals surface area contributed by atoms with Gasteiger partial charge in [-0.3, -0.25) is 44.3 Å². The number of hydrogen-bond acceptors (Lipinski definition) is 10. The van der Waals surface area contributed by atoms with Crippen molar-refractivity contribution in [3.63, 3.8) is 0 Å². The van der Waals surface area contributed by atoms with Crippen molar-refractivity contribution >= 4 is 85.5 Å². The Morgan fingerprint density at radius 2 is 1.61 bits per heavy atom. The number of carbonyl (C=O) groups is 4. The van der Waals surface area contributed by atoms with E-state index in [1.54, 1.807) is 18.2 Å². The molecule has 2 saturated heterocycles. The number of nitrogens with zero attached hydrogens (tertiary/aromatic N) is 5. The van der Waals surface area contributed by atoms with E-state index in [0.29, 0.717) is 10.5 Å². The molecule has 2 aliphatic carbocycles. The van der Waals surface area contributed by atoms with Crippen LogP contribution in [-0.2, 0) is 19.2 Å². The van der Waals surface area contributed by atoms with Crippen LogP contribution in [0.25, 0.3) is 0 Å². The van der Waals surface area contributed by atoms with Gasteiger partial charge in [0.1, 0.15) is 5.75 Å². The Balaban J connectivity index is 1.51. The molecule has 6 unspecified atom stereocenters. The summed E-state index contributed by atoms with van der Waals surface area (Å²) in [4.78, 5) is 76.6. The predicted molar refractivity (Wildman–Crippen MR) is 168 cm³/mol. The largest absolute Gasteiger partial charge is 0.508 e. The van der Waals surface area contributed by atoms with E-state index >= 15 is 0 Å². The normalized spacial score (nSPS) is 30.2. The molecule has 0 radical (unpaired) electrons. The summed E-state index contributed by atoms with van der Waals surface area (Å²) in [5.74, 6) is -7.69. The van der Waals surface area contributed by atoms with Crippen LogP contribution < -0.4 is 9.80 Å². The Hall–Kier alpha value is -4.08. The first-order valence-corrected chi connectivity index (χ1v) is 15.8. The minimum absolute atomic E-state index is 0.0197. The van der Waals surface area contributed by atoms with Gasteiger partial charge in [-0.05, 0) is 24.8 Å². The molecule has 1 saturated carbocycles. The van der Waals surface area contributed by atoms with Crippen LogP contribution in [-0.4, -0.2) is 72.8 Å². The SMILES string of the molecule is CN(C)c1c([N+](=O)[O-])cc(N2C(=O)C3CC=C4C(CC5(Cl)C(=O)N(CBr)C(=O)C5(Cl)C4c4ccccc4O)C3C2=O)cc1[N+](=O)[O-]. The maximum Gasteiger partial charge on any atom is 0.301 e. The van der Waals surface area contributed by atoms with Gasteiger partial charge in [-0.2, -0.15) is 0 Å². The van der Waals surface area contributed by atoms with Crippen LogP contribution >= 0.6 is 39.1 Å². The fraction of sp³-hybridized carbons (Fsp3) is 0.379. The average molecular weight is 737 g/mol. The van der Waals surface area contributed by atoms with E-state index in [1.807, 2.05) is 0 Å². The Bertz CT molecular complexity index is 1790. The van der Waals surface area contributed by atoms with E-state index in [-0.39, 0.29) is 41.0 Å². The third kappa shape index (κ3) is 4.07. The van der Waals surface area contributed by atoms with Crippen LogP contribution in [0.15, 0.2) is 48.0 Å². The molecule has 4 aliphatic rings. The molecule has 0 bridgehead atoms. The summed E-state index contributed by atoms with van der Waals surface area (Å²) in [6, 6.07) is 7.96. The number of benzene rings is 2. The van der Waals surface area contributed by atoms with Crippen molar-refractivity contribution in [2.24, 2.45) is 17.8 Å². The summed E-state index contributed by atoms with van der Waals surface area (Å²) < 4.78 is 0. The number of allylic oxidation sites excluding steroid dienone is 2. The van der Waals surface area contributed by atoms with E-state index < -0.39 is 78.3 Å². The first-order valence-electron chi connectivity index (χ1n) is 13.9. The molecule has 2 aromatic carbocycles. The number of anilines is 2. The van der Waals surface area contributed by atoms with Gasteiger partial charge in [0.2, 0.25) is 11.8 Å². The molecule has 0 spiro atoms. The van der Waals surface area contributed by atoms with E-state index in [4.69, 9.17) is 23.2 Å². The molecule has 46 heavy (non-hydrogen) atoms. The topological polar surface area (TPSA) is 185 Å². The second kappa shape index (κ2) is 10.7. The number of amides is 4. The maximum atomic E-state index is 14.3. The molecule has 6 rings (SSSR count). The van der Waals surface area contributed by atoms with Crippen molar-refractivity contribution in [3.05, 3.63) is 73.8 Å². The molecule has 2 heterocycles. The van der Waals surface area contributed by atoms with Crippen LogP contribution in [0.3, 0.4) is 0 Å². The molecule has 1 N–H and O–H groups in total. The lowest BCUT2D eigenvalue weighted by molar-refractivity contribution is -0.392. The van der Waals surface area contributed by atoms with Crippen molar-refractivity contribution in [1.82, 2.24) is 4.90 Å². The van der Waals surface area contributed by atoms with E-state index in [2.05, 4.69) is 15.9 Å². The molecule has 2 aliphatic heterocycles. The number of hydrogen-bond donors (Lipinski definition) is 1. The molecule has 0 aromatic heterocycles. The fourth-order valence-electron chi connectivity index (χ4n) is 7.54. The third-order valence-electron chi connectivity index (χ3n) is 9.42. The number of nitro benzene ring substituents is 2. The van der Waals surface area contributed by atoms with Gasteiger partial charge < -0.3 is 10.0 Å². The van der Waals surface area contributed by atoms with Crippen molar-refractivity contribution < 1.29 is 34.1 Å². The van der Waals surface area contributed by atoms with Crippen LogP contribution in [0, 0.1) is 38.0 Å². The molecular formula is C29H24BrCl2N5O9. The number of phenolic OH excluding ortho intramolecular Hbond substituents is 1. The zero-order valence-electron chi connectivity index (χ0n) is 24.1. The maximum absolute atomic E-state index is 14.3. The molecular weight excluding hydrogens is 713 g/mol. The molecule has 2 aromatic rings. The first-order chi connectivity index (χ1) is 21.6. The quantitative estimate of drug-likeness (QED) is 0.113. The van der Waals surface area contributed by atoms with Gasteiger partial charge >= 0.3 is 11.4 Å². The standard InChI is InChI=1S/C29H24BrCl2N5O9/c1-33(2)23-18(36(43)44)9-13(10-19(23)37(45)46)35-24(39)16-8-7-14-17(21(16)25(35)40)11-28(31)26(41)34(12-30)27(42)29(28,32)22(14)15-5-3-4-6-20(15)38/h3-7,9-10,16-17,21-22,38H,8,11-12H2,1-2H3. The number of para-hydroxylation sites is 1. The molecule has 240 valence electrons. The van der Waals surface area contributed by atoms with Crippen LogP contribution in [0.4, 0.5) is 22.7 Å². The number of rotatable bonds is 6. The lowest BCUT2D eigenvalue weighted by Gasteiger charge is -2.50. The fourth-order valence-corrected chi connectivity index (χ4v) is 8.96. The van der Waals surface area contributed by atoms with Crippen LogP contribution in [0.5, 0.6) is 5.75 Å². The highest BCUT2D eigenvalue weighted by Gasteiger charge is 2.76. The molecule has 14 nitrogen and oxygen atoms in total. The minimum atomic E-state index is -2.11. The smallest absolute Gasteiger partial charge is 0.301 e. The number of likely N-dealkylation sites (tertiary alicyclic amines) is 1. The summed E-state index contributed by atoms with van der Waals surface area (Å²) in [6.45, 7) is 0. The van der Waals surface area contributed by atoms with Crippen molar-refractivity contribution in [2.45, 2.75) is 28.5 Å². The third-order valence-corrected chi connectivity index (χ3v) is 11.3. The second-order valence-corrected chi connectivity index (χ2v) is 13.5. The Morgan fingerprint density at radius 3 is 2.15 bits per heavy atom. The van der Waals surface area contributed by atoms with Gasteiger partial charge in [0, 0.05) is 37.7 Å². The van der Waals surface area contributed by atoms with Gasteiger partial charge in [0.05, 0.1) is 32.8 Å². The van der Waals surface area contributed by atoms with Gasteiger partial charge in [0.25, 0.3) is 11.8 Å². The van der Waals surface area contributed by atoms with Gasteiger partial charge in [-0.15, -0.1) is 23.2 Å². The molecule has 4 amide bonds. The highest BCUT2D eigenvalue weighted by atomic mass is 79.9. The number of aromatic hydroxyl groups is 1. The predicted octanol–water partition coefficient (Wildman–Crippen LogP) is 4.19. The number of alkyl halides is 3. The average Bonchev–Trinajstić information content (AvgIpc) is 3.34. The van der Waals surface area contributed by atoms with Gasteiger partial charge in [-0.1, -0.05) is 45.8 Å². The van der Waals surface area contributed by atoms with Gasteiger partial charge in [0.15, 0.2) is 15.4 Å². The number of nitro groups is 2. The monoisotopic (exact) mass is 735 g/mol. The highest BCUT2D eigenvalue weighted by Crippen LogP contribution is 2.66. The van der Waals surface area contributed by atoms with Crippen molar-refractivity contribution in [1.29, 1.82) is 0 Å². The van der Waals surface area contributed by atoms with Crippen molar-refractivity contribution in [3.8, 4) is 5.75 Å². The summed E-state index contributed by atoms with van der Waals surface area (Å²) >= 11 is 17.4.